The van der Waals surface area contributed by atoms with E-state index in [1.807, 2.05) is 6.07 Å². The molecule has 68 valence electrons. The second-order valence-corrected chi connectivity index (χ2v) is 2.86. The smallest absolute Gasteiger partial charge is 0.217 e. The predicted octanol–water partition coefficient (Wildman–Crippen LogP) is 1.44. The molecule has 0 aliphatic rings. The Labute approximate surface area is 76.0 Å². The number of hydrogen-bond donors (Lipinski definition) is 1. The second kappa shape index (κ2) is 3.97. The van der Waals surface area contributed by atoms with E-state index in [1.165, 1.54) is 6.20 Å². The molecule has 1 atom stereocenters. The summed E-state index contributed by atoms with van der Waals surface area (Å²) in [4.78, 5) is 3.53. The third-order valence-electron chi connectivity index (χ3n) is 1.71. The Morgan fingerprint density at radius 1 is 1.77 bits per heavy atom. The SMILES string of the molecule is Cc1cnc(F)c([C@H](N)CC#N)c1. The third-order valence-corrected chi connectivity index (χ3v) is 1.71. The van der Waals surface area contributed by atoms with Crippen molar-refractivity contribution in [1.29, 1.82) is 5.26 Å². The molecule has 1 aromatic heterocycles. The number of nitrogens with zero attached hydrogens (tertiary/aromatic N) is 2. The molecule has 0 fully saturated rings. The molecule has 0 radical (unpaired) electrons. The van der Waals surface area contributed by atoms with Gasteiger partial charge in [-0.25, -0.2) is 4.98 Å². The summed E-state index contributed by atoms with van der Waals surface area (Å²) >= 11 is 0. The zero-order valence-corrected chi connectivity index (χ0v) is 7.29. The molecule has 1 heterocycles. The molecule has 13 heavy (non-hydrogen) atoms. The van der Waals surface area contributed by atoms with E-state index in [2.05, 4.69) is 4.98 Å². The first-order chi connectivity index (χ1) is 6.15. The van der Waals surface area contributed by atoms with E-state index in [4.69, 9.17) is 11.0 Å². The van der Waals surface area contributed by atoms with Crippen molar-refractivity contribution < 1.29 is 4.39 Å². The van der Waals surface area contributed by atoms with Gasteiger partial charge >= 0.3 is 0 Å². The van der Waals surface area contributed by atoms with Crippen LogP contribution >= 0.6 is 0 Å². The van der Waals surface area contributed by atoms with Crippen LogP contribution in [0.5, 0.6) is 0 Å². The summed E-state index contributed by atoms with van der Waals surface area (Å²) in [5, 5.41) is 8.39. The molecular formula is C9H10FN3. The van der Waals surface area contributed by atoms with Crippen molar-refractivity contribution in [3.8, 4) is 6.07 Å². The average Bonchev–Trinajstić information content (AvgIpc) is 2.09. The van der Waals surface area contributed by atoms with Gasteiger partial charge in [-0.05, 0) is 18.6 Å². The zero-order chi connectivity index (χ0) is 9.84. The lowest BCUT2D eigenvalue weighted by Crippen LogP contribution is -2.12. The van der Waals surface area contributed by atoms with Crippen molar-refractivity contribution in [3.05, 3.63) is 29.3 Å². The van der Waals surface area contributed by atoms with Crippen molar-refractivity contribution in [3.63, 3.8) is 0 Å². The molecule has 1 aromatic rings. The van der Waals surface area contributed by atoms with Crippen LogP contribution in [0.25, 0.3) is 0 Å². The van der Waals surface area contributed by atoms with Gasteiger partial charge in [-0.3, -0.25) is 0 Å². The summed E-state index contributed by atoms with van der Waals surface area (Å²) in [7, 11) is 0. The maximum atomic E-state index is 13.0. The van der Waals surface area contributed by atoms with Gasteiger partial charge in [0.25, 0.3) is 0 Å². The van der Waals surface area contributed by atoms with Crippen molar-refractivity contribution in [1.82, 2.24) is 4.98 Å². The summed E-state index contributed by atoms with van der Waals surface area (Å²) in [5.41, 5.74) is 6.72. The summed E-state index contributed by atoms with van der Waals surface area (Å²) in [6.45, 7) is 1.80. The second-order valence-electron chi connectivity index (χ2n) is 2.86. The first-order valence-corrected chi connectivity index (χ1v) is 3.89. The number of nitrogens with two attached hydrogens (primary N) is 1. The monoisotopic (exact) mass is 179 g/mol. The highest BCUT2D eigenvalue weighted by molar-refractivity contribution is 5.22. The van der Waals surface area contributed by atoms with Crippen LogP contribution in [0, 0.1) is 24.2 Å². The maximum Gasteiger partial charge on any atom is 0.217 e. The van der Waals surface area contributed by atoms with Gasteiger partial charge in [-0.2, -0.15) is 9.65 Å². The molecule has 3 nitrogen and oxygen atoms in total. The molecule has 2 N–H and O–H groups in total. The normalized spacial score (nSPS) is 12.2. The van der Waals surface area contributed by atoms with Crippen LogP contribution in [0.15, 0.2) is 12.3 Å². The van der Waals surface area contributed by atoms with Crippen molar-refractivity contribution in [2.45, 2.75) is 19.4 Å². The van der Waals surface area contributed by atoms with Crippen LogP contribution in [0.1, 0.15) is 23.6 Å². The maximum absolute atomic E-state index is 13.0. The molecule has 4 heteroatoms. The molecule has 0 amide bonds. The highest BCUT2D eigenvalue weighted by atomic mass is 19.1. The van der Waals surface area contributed by atoms with Crippen LogP contribution in [-0.4, -0.2) is 4.98 Å². The first kappa shape index (κ1) is 9.62. The van der Waals surface area contributed by atoms with E-state index in [0.29, 0.717) is 5.56 Å². The van der Waals surface area contributed by atoms with Crippen molar-refractivity contribution in [2.75, 3.05) is 0 Å². The standard InChI is InChI=1S/C9H10FN3/c1-6-4-7(8(12)2-3-11)9(10)13-5-6/h4-5,8H,2,12H2,1H3/t8-/m1/s1. The minimum atomic E-state index is -0.589. The van der Waals surface area contributed by atoms with Crippen LogP contribution < -0.4 is 5.73 Å². The summed E-state index contributed by atoms with van der Waals surface area (Å²) in [6, 6.07) is 2.92. The highest BCUT2D eigenvalue weighted by Gasteiger charge is 2.11. The average molecular weight is 179 g/mol. The van der Waals surface area contributed by atoms with Gasteiger partial charge in [0, 0.05) is 17.8 Å². The lowest BCUT2D eigenvalue weighted by Gasteiger charge is -2.08. The quantitative estimate of drug-likeness (QED) is 0.699. The van der Waals surface area contributed by atoms with Crippen molar-refractivity contribution in [2.24, 2.45) is 5.73 Å². The van der Waals surface area contributed by atoms with Crippen LogP contribution in [0.3, 0.4) is 0 Å². The predicted molar refractivity (Wildman–Crippen MR) is 46.1 cm³/mol. The fourth-order valence-electron chi connectivity index (χ4n) is 1.04. The number of pyridine rings is 1. The minimum absolute atomic E-state index is 0.0993. The Hall–Kier alpha value is -1.47. The molecule has 0 aliphatic carbocycles. The van der Waals surface area contributed by atoms with Crippen molar-refractivity contribution >= 4 is 0 Å². The van der Waals surface area contributed by atoms with Crippen LogP contribution in [-0.2, 0) is 0 Å². The van der Waals surface area contributed by atoms with E-state index in [1.54, 1.807) is 13.0 Å². The van der Waals surface area contributed by atoms with E-state index in [-0.39, 0.29) is 6.42 Å². The largest absolute Gasteiger partial charge is 0.323 e. The summed E-state index contributed by atoms with van der Waals surface area (Å²) in [5.74, 6) is -0.589. The molecule has 0 saturated carbocycles. The molecule has 0 aromatic carbocycles. The minimum Gasteiger partial charge on any atom is -0.323 e. The van der Waals surface area contributed by atoms with Gasteiger partial charge in [0.1, 0.15) is 0 Å². The molecule has 0 aliphatic heterocycles. The highest BCUT2D eigenvalue weighted by Crippen LogP contribution is 2.16. The lowest BCUT2D eigenvalue weighted by molar-refractivity contribution is 0.545. The number of aryl methyl sites for hydroxylation is 1. The Kier molecular flexibility index (Phi) is 2.93. The molecule has 0 unspecified atom stereocenters. The fourth-order valence-corrected chi connectivity index (χ4v) is 1.04. The summed E-state index contributed by atoms with van der Waals surface area (Å²) in [6.07, 6.45) is 1.53. The molecular weight excluding hydrogens is 169 g/mol. The lowest BCUT2D eigenvalue weighted by atomic mass is 10.1. The Morgan fingerprint density at radius 2 is 2.46 bits per heavy atom. The van der Waals surface area contributed by atoms with E-state index in [0.717, 1.165) is 5.56 Å². The van der Waals surface area contributed by atoms with E-state index >= 15 is 0 Å². The van der Waals surface area contributed by atoms with Gasteiger partial charge < -0.3 is 5.73 Å². The van der Waals surface area contributed by atoms with Gasteiger partial charge in [0.05, 0.1) is 12.5 Å². The van der Waals surface area contributed by atoms with Gasteiger partial charge in [-0.15, -0.1) is 0 Å². The Morgan fingerprint density at radius 3 is 3.08 bits per heavy atom. The number of nitriles is 1. The number of rotatable bonds is 2. The molecule has 0 bridgehead atoms. The number of halogens is 1. The van der Waals surface area contributed by atoms with Crippen LogP contribution in [0.4, 0.5) is 4.39 Å². The molecule has 0 saturated heterocycles. The zero-order valence-electron chi connectivity index (χ0n) is 7.29. The topological polar surface area (TPSA) is 62.7 Å². The van der Waals surface area contributed by atoms with E-state index < -0.39 is 12.0 Å². The fraction of sp³-hybridized carbons (Fsp3) is 0.333. The number of hydrogen-bond acceptors (Lipinski definition) is 3. The van der Waals surface area contributed by atoms with Gasteiger partial charge in [0.2, 0.25) is 5.95 Å². The molecule has 0 spiro atoms. The number of aromatic nitrogens is 1. The summed E-state index contributed by atoms with van der Waals surface area (Å²) < 4.78 is 13.0. The van der Waals surface area contributed by atoms with Gasteiger partial charge in [-0.1, -0.05) is 0 Å². The van der Waals surface area contributed by atoms with E-state index in [9.17, 15) is 4.39 Å². The Balaban J connectivity index is 3.00. The molecule has 1 rings (SSSR count). The first-order valence-electron chi connectivity index (χ1n) is 3.89. The van der Waals surface area contributed by atoms with Crippen LogP contribution in [0.2, 0.25) is 0 Å². The Bertz CT molecular complexity index is 343. The van der Waals surface area contributed by atoms with Gasteiger partial charge in [0.15, 0.2) is 0 Å². The third kappa shape index (κ3) is 2.23.